The minimum absolute atomic E-state index is 0.479. The van der Waals surface area contributed by atoms with Gasteiger partial charge in [-0.05, 0) is 0 Å². The monoisotopic (exact) mass is 100 g/mol. The summed E-state index contributed by atoms with van der Waals surface area (Å²) in [4.78, 5) is 0. The molecule has 40 valence electrons. The van der Waals surface area contributed by atoms with Gasteiger partial charge in [0.2, 0.25) is 0 Å². The third kappa shape index (κ3) is 4.94. The van der Waals surface area contributed by atoms with E-state index in [2.05, 4.69) is 34.5 Å². The molecule has 0 spiro atoms. The summed E-state index contributed by atoms with van der Waals surface area (Å²) in [7, 11) is 0. The molecule has 0 heterocycles. The highest BCUT2D eigenvalue weighted by Gasteiger charge is 1.66. The topological polar surface area (TPSA) is 48.8 Å². The average Bonchev–Trinajstić information content (AvgIpc) is 1.69. The van der Waals surface area contributed by atoms with E-state index in [0.717, 1.165) is 0 Å². The summed E-state index contributed by atoms with van der Waals surface area (Å²) in [5.74, 6) is 0. The van der Waals surface area contributed by atoms with E-state index in [0.29, 0.717) is 6.67 Å². The van der Waals surface area contributed by atoms with E-state index in [4.69, 9.17) is 0 Å². The largest absolute Gasteiger partial charge is 0.290 e. The summed E-state index contributed by atoms with van der Waals surface area (Å²) in [6.07, 6.45) is 0. The number of hydrazone groups is 2. The second kappa shape index (κ2) is 4.94. The average molecular weight is 100 g/mol. The predicted octanol–water partition coefficient (Wildman–Crippen LogP) is -0.646. The van der Waals surface area contributed by atoms with Crippen molar-refractivity contribution in [3.8, 4) is 0 Å². The summed E-state index contributed by atoms with van der Waals surface area (Å²) < 4.78 is 0. The molecule has 0 radical (unpaired) electrons. The molecule has 0 aromatic heterocycles. The lowest BCUT2D eigenvalue weighted by atomic mass is 11.2. The zero-order valence-electron chi connectivity index (χ0n) is 4.02. The summed E-state index contributed by atoms with van der Waals surface area (Å²) in [6.45, 7) is 6.82. The first kappa shape index (κ1) is 5.94. The minimum atomic E-state index is 0.479. The van der Waals surface area contributed by atoms with E-state index in [-0.39, 0.29) is 0 Å². The first-order valence-electron chi connectivity index (χ1n) is 1.79. The molecule has 7 heavy (non-hydrogen) atoms. The SMILES string of the molecule is C=NNCNN=C. The zero-order valence-corrected chi connectivity index (χ0v) is 4.02. The maximum Gasteiger partial charge on any atom is 0.117 e. The molecule has 0 rings (SSSR count). The molecule has 0 saturated carbocycles. The Balaban J connectivity index is 2.68. The van der Waals surface area contributed by atoms with Gasteiger partial charge >= 0.3 is 0 Å². The second-order valence-corrected chi connectivity index (χ2v) is 0.809. The molecule has 0 aromatic rings. The zero-order chi connectivity index (χ0) is 5.54. The van der Waals surface area contributed by atoms with Crippen molar-refractivity contribution in [2.24, 2.45) is 10.2 Å². The lowest BCUT2D eigenvalue weighted by molar-refractivity contribution is 0.635. The van der Waals surface area contributed by atoms with Gasteiger partial charge in [-0.15, -0.1) is 0 Å². The van der Waals surface area contributed by atoms with Crippen molar-refractivity contribution in [2.45, 2.75) is 0 Å². The molecule has 0 aliphatic rings. The van der Waals surface area contributed by atoms with Gasteiger partial charge in [-0.1, -0.05) is 0 Å². The predicted molar refractivity (Wildman–Crippen MR) is 30.2 cm³/mol. The van der Waals surface area contributed by atoms with Crippen LogP contribution in [0.5, 0.6) is 0 Å². The van der Waals surface area contributed by atoms with Gasteiger partial charge in [-0.25, -0.2) is 0 Å². The van der Waals surface area contributed by atoms with Crippen LogP contribution >= 0.6 is 0 Å². The van der Waals surface area contributed by atoms with Crippen molar-refractivity contribution in [3.63, 3.8) is 0 Å². The Kier molecular flexibility index (Phi) is 4.19. The number of nitrogens with zero attached hydrogens (tertiary/aromatic N) is 2. The Morgan fingerprint density at radius 1 is 1.14 bits per heavy atom. The van der Waals surface area contributed by atoms with Crippen LogP contribution in [0, 0.1) is 0 Å². The molecule has 0 amide bonds. The molecule has 4 nitrogen and oxygen atoms in total. The van der Waals surface area contributed by atoms with Crippen molar-refractivity contribution in [1.82, 2.24) is 10.9 Å². The highest BCUT2D eigenvalue weighted by molar-refractivity contribution is 5.22. The van der Waals surface area contributed by atoms with Gasteiger partial charge in [0.1, 0.15) is 6.67 Å². The van der Waals surface area contributed by atoms with Gasteiger partial charge in [0.05, 0.1) is 0 Å². The van der Waals surface area contributed by atoms with Crippen LogP contribution in [-0.4, -0.2) is 20.1 Å². The standard InChI is InChI=1S/C3H8N4/c1-4-6-3-7-5-2/h6-7H,1-3H2. The molecule has 0 unspecified atom stereocenters. The van der Waals surface area contributed by atoms with Crippen LogP contribution in [0.1, 0.15) is 0 Å². The van der Waals surface area contributed by atoms with Crippen LogP contribution < -0.4 is 10.9 Å². The first-order valence-corrected chi connectivity index (χ1v) is 1.79. The van der Waals surface area contributed by atoms with Crippen LogP contribution in [0.15, 0.2) is 10.2 Å². The van der Waals surface area contributed by atoms with E-state index < -0.39 is 0 Å². The molecule has 0 bridgehead atoms. The van der Waals surface area contributed by atoms with Gasteiger partial charge in [0, 0.05) is 13.4 Å². The molecule has 0 fully saturated rings. The van der Waals surface area contributed by atoms with Crippen LogP contribution in [-0.2, 0) is 0 Å². The van der Waals surface area contributed by atoms with Crippen LogP contribution in [0.25, 0.3) is 0 Å². The molecule has 0 aliphatic heterocycles. The quantitative estimate of drug-likeness (QED) is 0.213. The molecular formula is C3H8N4. The lowest BCUT2D eigenvalue weighted by Gasteiger charge is -1.94. The Hall–Kier alpha value is -1.06. The van der Waals surface area contributed by atoms with E-state index in [1.54, 1.807) is 0 Å². The summed E-state index contributed by atoms with van der Waals surface area (Å²) in [6, 6.07) is 0. The first-order chi connectivity index (χ1) is 3.41. The van der Waals surface area contributed by atoms with Gasteiger partial charge in [0.25, 0.3) is 0 Å². The summed E-state index contributed by atoms with van der Waals surface area (Å²) in [5.41, 5.74) is 5.04. The van der Waals surface area contributed by atoms with E-state index >= 15 is 0 Å². The molecular weight excluding hydrogens is 92.1 g/mol. The minimum Gasteiger partial charge on any atom is -0.290 e. The maximum atomic E-state index is 3.32. The number of hydrogen-bond donors (Lipinski definition) is 2. The third-order valence-electron chi connectivity index (χ3n) is 0.382. The van der Waals surface area contributed by atoms with Crippen molar-refractivity contribution in [2.75, 3.05) is 6.67 Å². The van der Waals surface area contributed by atoms with Crippen LogP contribution in [0.3, 0.4) is 0 Å². The lowest BCUT2D eigenvalue weighted by Crippen LogP contribution is -2.19. The third-order valence-corrected chi connectivity index (χ3v) is 0.382. The molecule has 0 aromatic carbocycles. The number of rotatable bonds is 4. The van der Waals surface area contributed by atoms with Gasteiger partial charge < -0.3 is 0 Å². The fraction of sp³-hybridized carbons (Fsp3) is 0.333. The smallest absolute Gasteiger partial charge is 0.117 e. The summed E-state index contributed by atoms with van der Waals surface area (Å²) >= 11 is 0. The highest BCUT2D eigenvalue weighted by atomic mass is 15.4. The van der Waals surface area contributed by atoms with Gasteiger partial charge in [0.15, 0.2) is 0 Å². The van der Waals surface area contributed by atoms with E-state index in [1.165, 1.54) is 0 Å². The maximum absolute atomic E-state index is 3.32. The Labute approximate surface area is 42.3 Å². The van der Waals surface area contributed by atoms with Crippen molar-refractivity contribution < 1.29 is 0 Å². The van der Waals surface area contributed by atoms with E-state index in [9.17, 15) is 0 Å². The fourth-order valence-electron chi connectivity index (χ4n) is 0.147. The van der Waals surface area contributed by atoms with E-state index in [1.807, 2.05) is 0 Å². The normalized spacial score (nSPS) is 6.86. The van der Waals surface area contributed by atoms with Gasteiger partial charge in [-0.2, -0.15) is 10.2 Å². The molecule has 0 aliphatic carbocycles. The molecule has 0 saturated heterocycles. The Morgan fingerprint density at radius 3 is 1.86 bits per heavy atom. The van der Waals surface area contributed by atoms with Crippen molar-refractivity contribution in [1.29, 1.82) is 0 Å². The fourth-order valence-corrected chi connectivity index (χ4v) is 0.147. The Morgan fingerprint density at radius 2 is 1.57 bits per heavy atom. The van der Waals surface area contributed by atoms with Gasteiger partial charge in [-0.3, -0.25) is 10.9 Å². The van der Waals surface area contributed by atoms with Crippen LogP contribution in [0.2, 0.25) is 0 Å². The molecule has 2 N–H and O–H groups in total. The van der Waals surface area contributed by atoms with Crippen molar-refractivity contribution >= 4 is 13.4 Å². The highest BCUT2D eigenvalue weighted by Crippen LogP contribution is 1.48. The summed E-state index contributed by atoms with van der Waals surface area (Å²) in [5, 5.41) is 6.65. The van der Waals surface area contributed by atoms with Crippen molar-refractivity contribution in [3.05, 3.63) is 0 Å². The van der Waals surface area contributed by atoms with Crippen LogP contribution in [0.4, 0.5) is 0 Å². The Bertz CT molecular complexity index is 52.0. The second-order valence-electron chi connectivity index (χ2n) is 0.809. The number of hydrogen-bond acceptors (Lipinski definition) is 4. The number of nitrogens with one attached hydrogen (secondary N) is 2. The molecule has 4 heteroatoms. The molecule has 0 atom stereocenters.